The van der Waals surface area contributed by atoms with Gasteiger partial charge < -0.3 is 20.5 Å². The van der Waals surface area contributed by atoms with Crippen LogP contribution in [-0.4, -0.2) is 64.9 Å². The van der Waals surface area contributed by atoms with Crippen molar-refractivity contribution in [1.29, 1.82) is 0 Å². The first-order chi connectivity index (χ1) is 10.4. The van der Waals surface area contributed by atoms with E-state index in [1.54, 1.807) is 0 Å². The van der Waals surface area contributed by atoms with Crippen molar-refractivity contribution in [3.05, 3.63) is 11.6 Å². The number of β-lactam (4-membered cyclic amide) rings is 1. The molecule has 0 aromatic heterocycles. The number of esters is 1. The van der Waals surface area contributed by atoms with Crippen molar-refractivity contribution in [3.8, 4) is 0 Å². The SMILES string of the molecule is CC(=O)OC[C@@]1(C)[C@H](C(=O)O)N2C(=O)/C(=C/C(N)=O)C2S1(=O)=O. The predicted molar refractivity (Wildman–Crippen MR) is 73.3 cm³/mol. The number of carbonyl (C=O) groups excluding carboxylic acids is 3. The lowest BCUT2D eigenvalue weighted by Gasteiger charge is -2.37. The lowest BCUT2D eigenvalue weighted by Crippen LogP contribution is -2.59. The summed E-state index contributed by atoms with van der Waals surface area (Å²) in [5.74, 6) is -4.28. The number of fused-ring (bicyclic) bond motifs is 1. The van der Waals surface area contributed by atoms with Crippen molar-refractivity contribution in [1.82, 2.24) is 4.90 Å². The average Bonchev–Trinajstić information content (AvgIpc) is 2.57. The third-order valence-corrected chi connectivity index (χ3v) is 6.60. The summed E-state index contributed by atoms with van der Waals surface area (Å²) in [6, 6.07) is -1.74. The second-order valence-corrected chi connectivity index (χ2v) is 7.91. The molecule has 2 amide bonds. The van der Waals surface area contributed by atoms with Gasteiger partial charge in [-0.1, -0.05) is 0 Å². The van der Waals surface area contributed by atoms with Crippen LogP contribution in [0.25, 0.3) is 0 Å². The van der Waals surface area contributed by atoms with Gasteiger partial charge in [-0.15, -0.1) is 0 Å². The van der Waals surface area contributed by atoms with Crippen LogP contribution in [0.5, 0.6) is 0 Å². The topological polar surface area (TPSA) is 161 Å². The summed E-state index contributed by atoms with van der Waals surface area (Å²) in [5, 5.41) is 7.75. The van der Waals surface area contributed by atoms with Gasteiger partial charge in [0, 0.05) is 13.0 Å². The standard InChI is InChI=1S/C12H14N2O8S/c1-5(15)22-4-12(2)8(11(18)19)14-9(17)6(3-7(13)16)10(14)23(12,20)21/h3,8,10H,4H2,1-2H3,(H2,13,16)(H,18,19)/b6-3-/t8-,10?,12-/m0/s1. The van der Waals surface area contributed by atoms with E-state index in [0.717, 1.165) is 13.8 Å². The summed E-state index contributed by atoms with van der Waals surface area (Å²) in [5.41, 5.74) is 4.54. The Hall–Kier alpha value is -2.43. The van der Waals surface area contributed by atoms with Gasteiger partial charge in [0.05, 0.1) is 5.57 Å². The van der Waals surface area contributed by atoms with Gasteiger partial charge in [-0.3, -0.25) is 14.4 Å². The minimum Gasteiger partial charge on any atom is -0.480 e. The molecule has 0 aromatic rings. The molecule has 1 unspecified atom stereocenters. The van der Waals surface area contributed by atoms with Crippen LogP contribution in [0.1, 0.15) is 13.8 Å². The quantitative estimate of drug-likeness (QED) is 0.328. The molecular weight excluding hydrogens is 332 g/mol. The lowest BCUT2D eigenvalue weighted by atomic mass is 9.94. The molecule has 0 aromatic carbocycles. The van der Waals surface area contributed by atoms with E-state index in [0.29, 0.717) is 11.0 Å². The Labute approximate surface area is 130 Å². The molecule has 10 nitrogen and oxygen atoms in total. The number of primary amides is 1. The first-order valence-electron chi connectivity index (χ1n) is 6.38. The number of amides is 2. The van der Waals surface area contributed by atoms with Crippen molar-refractivity contribution >= 4 is 33.6 Å². The normalized spacial score (nSPS) is 33.0. The van der Waals surface area contributed by atoms with Crippen molar-refractivity contribution in [2.24, 2.45) is 5.73 Å². The maximum atomic E-state index is 12.7. The molecule has 2 saturated heterocycles. The van der Waals surface area contributed by atoms with E-state index in [1.165, 1.54) is 0 Å². The highest BCUT2D eigenvalue weighted by Gasteiger charge is 2.72. The number of sulfone groups is 1. The highest BCUT2D eigenvalue weighted by atomic mass is 32.2. The molecule has 0 radical (unpaired) electrons. The van der Waals surface area contributed by atoms with E-state index >= 15 is 0 Å². The number of rotatable bonds is 4. The molecule has 23 heavy (non-hydrogen) atoms. The van der Waals surface area contributed by atoms with Crippen LogP contribution in [0.2, 0.25) is 0 Å². The second-order valence-electron chi connectivity index (χ2n) is 5.45. The van der Waals surface area contributed by atoms with Crippen molar-refractivity contribution < 1.29 is 37.4 Å². The zero-order valence-electron chi connectivity index (χ0n) is 12.2. The Morgan fingerprint density at radius 3 is 2.43 bits per heavy atom. The number of ether oxygens (including phenoxy) is 1. The van der Waals surface area contributed by atoms with Gasteiger partial charge in [-0.05, 0) is 6.92 Å². The number of carboxylic acids is 1. The Bertz CT molecular complexity index is 755. The number of hydrogen-bond acceptors (Lipinski definition) is 7. The third kappa shape index (κ3) is 2.19. The molecule has 0 aliphatic carbocycles. The van der Waals surface area contributed by atoms with Crippen LogP contribution >= 0.6 is 0 Å². The molecule has 2 fully saturated rings. The van der Waals surface area contributed by atoms with Gasteiger partial charge in [0.2, 0.25) is 5.91 Å². The van der Waals surface area contributed by atoms with Crippen LogP contribution in [0.4, 0.5) is 0 Å². The highest BCUT2D eigenvalue weighted by Crippen LogP contribution is 2.48. The van der Waals surface area contributed by atoms with Gasteiger partial charge in [0.25, 0.3) is 5.91 Å². The van der Waals surface area contributed by atoms with E-state index in [1.807, 2.05) is 0 Å². The van der Waals surface area contributed by atoms with Crippen molar-refractivity contribution in [2.45, 2.75) is 30.0 Å². The van der Waals surface area contributed by atoms with Gasteiger partial charge in [-0.25, -0.2) is 13.2 Å². The first-order valence-corrected chi connectivity index (χ1v) is 7.93. The largest absolute Gasteiger partial charge is 0.480 e. The number of nitrogens with two attached hydrogens (primary N) is 1. The fourth-order valence-corrected chi connectivity index (χ4v) is 5.07. The van der Waals surface area contributed by atoms with Crippen molar-refractivity contribution in [3.63, 3.8) is 0 Å². The van der Waals surface area contributed by atoms with Crippen LogP contribution in [0.3, 0.4) is 0 Å². The molecule has 2 aliphatic heterocycles. The summed E-state index contributed by atoms with van der Waals surface area (Å²) in [7, 11) is -4.27. The zero-order chi connectivity index (χ0) is 17.7. The van der Waals surface area contributed by atoms with E-state index < -0.39 is 61.9 Å². The molecule has 0 bridgehead atoms. The number of nitrogens with zero attached hydrogens (tertiary/aromatic N) is 1. The first kappa shape index (κ1) is 16.9. The van der Waals surface area contributed by atoms with Gasteiger partial charge in [0.15, 0.2) is 21.3 Å². The van der Waals surface area contributed by atoms with Crippen LogP contribution < -0.4 is 5.73 Å². The third-order valence-electron chi connectivity index (χ3n) is 3.89. The van der Waals surface area contributed by atoms with Gasteiger partial charge >= 0.3 is 11.9 Å². The second kappa shape index (κ2) is 5.05. The van der Waals surface area contributed by atoms with Crippen LogP contribution in [0.15, 0.2) is 11.6 Å². The average molecular weight is 346 g/mol. The summed E-state index contributed by atoms with van der Waals surface area (Å²) < 4.78 is 28.0. The summed E-state index contributed by atoms with van der Waals surface area (Å²) in [6.07, 6.45) is 0.664. The molecule has 3 N–H and O–H groups in total. The number of carboxylic acid groups (broad SMARTS) is 1. The Morgan fingerprint density at radius 2 is 2.00 bits per heavy atom. The molecule has 2 aliphatic rings. The minimum atomic E-state index is -4.27. The molecule has 11 heteroatoms. The van der Waals surface area contributed by atoms with Crippen LogP contribution in [-0.2, 0) is 33.8 Å². The maximum absolute atomic E-state index is 12.7. The Balaban J connectivity index is 2.57. The summed E-state index contributed by atoms with van der Waals surface area (Å²) >= 11 is 0. The lowest BCUT2D eigenvalue weighted by molar-refractivity contribution is -0.155. The molecule has 2 heterocycles. The monoisotopic (exact) mass is 346 g/mol. The minimum absolute atomic E-state index is 0.393. The summed E-state index contributed by atoms with van der Waals surface area (Å²) in [4.78, 5) is 46.1. The van der Waals surface area contributed by atoms with E-state index in [9.17, 15) is 32.7 Å². The number of carbonyl (C=O) groups is 4. The molecule has 3 atom stereocenters. The zero-order valence-corrected chi connectivity index (χ0v) is 13.0. The molecule has 2 rings (SSSR count). The Morgan fingerprint density at radius 1 is 1.43 bits per heavy atom. The highest BCUT2D eigenvalue weighted by molar-refractivity contribution is 7.94. The van der Waals surface area contributed by atoms with Gasteiger partial charge in [0.1, 0.15) is 11.4 Å². The van der Waals surface area contributed by atoms with Crippen LogP contribution in [0, 0.1) is 0 Å². The van der Waals surface area contributed by atoms with Gasteiger partial charge in [-0.2, -0.15) is 0 Å². The predicted octanol–water partition coefficient (Wildman–Crippen LogP) is -2.23. The molecule has 0 spiro atoms. The fourth-order valence-electron chi connectivity index (χ4n) is 2.79. The smallest absolute Gasteiger partial charge is 0.328 e. The Kier molecular flexibility index (Phi) is 3.71. The molecular formula is C12H14N2O8S. The maximum Gasteiger partial charge on any atom is 0.328 e. The van der Waals surface area contributed by atoms with E-state index in [2.05, 4.69) is 0 Å². The molecule has 0 saturated carbocycles. The number of aliphatic carboxylic acids is 1. The molecule has 126 valence electrons. The fraction of sp³-hybridized carbons (Fsp3) is 0.500. The van der Waals surface area contributed by atoms with E-state index in [4.69, 9.17) is 10.5 Å². The number of hydrogen-bond donors (Lipinski definition) is 2. The summed E-state index contributed by atoms with van der Waals surface area (Å²) in [6.45, 7) is 1.39. The van der Waals surface area contributed by atoms with Crippen molar-refractivity contribution in [2.75, 3.05) is 6.61 Å². The van der Waals surface area contributed by atoms with E-state index in [-0.39, 0.29) is 0 Å².